The van der Waals surface area contributed by atoms with Gasteiger partial charge in [0.15, 0.2) is 0 Å². The van der Waals surface area contributed by atoms with Gasteiger partial charge in [-0.3, -0.25) is 14.5 Å². The maximum Gasteiger partial charge on any atom is 0.353 e. The van der Waals surface area contributed by atoms with E-state index in [4.69, 9.17) is 4.74 Å². The van der Waals surface area contributed by atoms with E-state index in [1.807, 2.05) is 0 Å². The Kier molecular flexibility index (Phi) is 2.97. The molecular weight excluding hydrogens is 272 g/mol. The minimum absolute atomic E-state index is 0.171. The van der Waals surface area contributed by atoms with Crippen molar-refractivity contribution in [2.75, 3.05) is 18.6 Å². The summed E-state index contributed by atoms with van der Waals surface area (Å²) in [7, 11) is 1.54. The number of likely N-dealkylation sites (N-methyl/N-ethyl adjacent to an activating group) is 1. The van der Waals surface area contributed by atoms with Crippen molar-refractivity contribution in [1.29, 1.82) is 0 Å². The number of hydrogen-bond acceptors (Lipinski definition) is 4. The van der Waals surface area contributed by atoms with Crippen LogP contribution in [0.1, 0.15) is 30.1 Å². The van der Waals surface area contributed by atoms with Crippen LogP contribution < -0.4 is 4.90 Å². The number of nitrogens with zero attached hydrogens (tertiary/aromatic N) is 2. The molecular formula is C15H16N2O4. The van der Waals surface area contributed by atoms with Crippen LogP contribution in [0.3, 0.4) is 0 Å². The van der Waals surface area contributed by atoms with Gasteiger partial charge in [-0.25, -0.2) is 4.79 Å². The van der Waals surface area contributed by atoms with E-state index < -0.39 is 11.6 Å². The number of carbonyl (C=O) groups excluding carboxylic acids is 3. The summed E-state index contributed by atoms with van der Waals surface area (Å²) in [6.07, 6.45) is 0.464. The van der Waals surface area contributed by atoms with Crippen molar-refractivity contribution in [2.45, 2.75) is 25.4 Å². The van der Waals surface area contributed by atoms with Crippen LogP contribution >= 0.6 is 0 Å². The molecule has 2 aliphatic heterocycles. The van der Waals surface area contributed by atoms with E-state index in [-0.39, 0.29) is 31.3 Å². The van der Waals surface area contributed by atoms with E-state index >= 15 is 0 Å². The minimum atomic E-state index is -1.35. The molecule has 2 heterocycles. The van der Waals surface area contributed by atoms with Crippen LogP contribution in [0.5, 0.6) is 0 Å². The normalized spacial score (nSPS) is 23.9. The Hall–Kier alpha value is -2.37. The van der Waals surface area contributed by atoms with Crippen molar-refractivity contribution in [3.8, 4) is 0 Å². The van der Waals surface area contributed by atoms with Gasteiger partial charge in [0, 0.05) is 19.9 Å². The van der Waals surface area contributed by atoms with Gasteiger partial charge in [0.2, 0.25) is 11.6 Å². The molecule has 1 unspecified atom stereocenters. The number of fused-ring (bicyclic) bond motifs is 3. The first kappa shape index (κ1) is 13.6. The molecule has 110 valence electrons. The smallest absolute Gasteiger partial charge is 0.353 e. The molecule has 6 heteroatoms. The number of rotatable bonds is 2. The first-order valence-corrected chi connectivity index (χ1v) is 6.91. The Labute approximate surface area is 122 Å². The molecule has 2 aliphatic rings. The van der Waals surface area contributed by atoms with Gasteiger partial charge in [-0.1, -0.05) is 12.1 Å². The minimum Gasteiger partial charge on any atom is -0.463 e. The maximum absolute atomic E-state index is 12.6. The zero-order valence-electron chi connectivity index (χ0n) is 12.0. The van der Waals surface area contributed by atoms with Gasteiger partial charge in [0.1, 0.15) is 0 Å². The fourth-order valence-corrected chi connectivity index (χ4v) is 3.14. The lowest BCUT2D eigenvalue weighted by atomic mass is 9.97. The summed E-state index contributed by atoms with van der Waals surface area (Å²) in [6, 6.07) is 6.84. The van der Waals surface area contributed by atoms with Crippen molar-refractivity contribution in [1.82, 2.24) is 4.90 Å². The van der Waals surface area contributed by atoms with Gasteiger partial charge in [-0.15, -0.1) is 0 Å². The van der Waals surface area contributed by atoms with Crippen LogP contribution in [0.25, 0.3) is 0 Å². The summed E-state index contributed by atoms with van der Waals surface area (Å²) in [4.78, 5) is 40.1. The number of hydrogen-bond donors (Lipinski definition) is 0. The number of ether oxygens (including phenoxy) is 1. The first-order valence-electron chi connectivity index (χ1n) is 6.91. The van der Waals surface area contributed by atoms with Gasteiger partial charge in [-0.2, -0.15) is 0 Å². The standard InChI is InChI=1S/C15H16N2O4/c1-3-21-14(20)15-9-8-12(18)17(15)11-7-5-4-6-10(11)13(19)16(15)2/h4-7H,3,8-9H2,1-2H3. The molecule has 1 saturated heterocycles. The topological polar surface area (TPSA) is 66.9 Å². The lowest BCUT2D eigenvalue weighted by Crippen LogP contribution is -2.67. The summed E-state index contributed by atoms with van der Waals surface area (Å²) >= 11 is 0. The second-order valence-corrected chi connectivity index (χ2v) is 5.15. The summed E-state index contributed by atoms with van der Waals surface area (Å²) in [5.41, 5.74) is -0.440. The highest BCUT2D eigenvalue weighted by molar-refractivity contribution is 6.15. The Morgan fingerprint density at radius 3 is 2.76 bits per heavy atom. The fourth-order valence-electron chi connectivity index (χ4n) is 3.14. The average Bonchev–Trinajstić information content (AvgIpc) is 2.84. The molecule has 0 bridgehead atoms. The van der Waals surface area contributed by atoms with Gasteiger partial charge in [0.25, 0.3) is 5.91 Å². The van der Waals surface area contributed by atoms with E-state index in [2.05, 4.69) is 0 Å². The van der Waals surface area contributed by atoms with E-state index in [9.17, 15) is 14.4 Å². The monoisotopic (exact) mass is 288 g/mol. The Bertz CT molecular complexity index is 642. The molecule has 1 atom stereocenters. The molecule has 1 aromatic carbocycles. The maximum atomic E-state index is 12.6. The fraction of sp³-hybridized carbons (Fsp3) is 0.400. The summed E-state index contributed by atoms with van der Waals surface area (Å²) < 4.78 is 5.14. The first-order chi connectivity index (χ1) is 10.0. The lowest BCUT2D eigenvalue weighted by Gasteiger charge is -2.46. The Morgan fingerprint density at radius 2 is 2.05 bits per heavy atom. The quantitative estimate of drug-likeness (QED) is 0.766. The third-order valence-electron chi connectivity index (χ3n) is 4.14. The molecule has 21 heavy (non-hydrogen) atoms. The molecule has 1 fully saturated rings. The van der Waals surface area contributed by atoms with Crippen molar-refractivity contribution >= 4 is 23.5 Å². The van der Waals surface area contributed by atoms with E-state index in [0.29, 0.717) is 11.3 Å². The number of anilines is 1. The van der Waals surface area contributed by atoms with Crippen molar-refractivity contribution < 1.29 is 19.1 Å². The second kappa shape index (κ2) is 4.58. The van der Waals surface area contributed by atoms with Crippen molar-refractivity contribution in [3.05, 3.63) is 29.8 Å². The van der Waals surface area contributed by atoms with E-state index in [1.165, 1.54) is 9.80 Å². The van der Waals surface area contributed by atoms with Gasteiger partial charge >= 0.3 is 5.97 Å². The van der Waals surface area contributed by atoms with Crippen molar-refractivity contribution in [3.63, 3.8) is 0 Å². The Balaban J connectivity index is 2.22. The van der Waals surface area contributed by atoms with Crippen LogP contribution in [0.15, 0.2) is 24.3 Å². The predicted octanol–water partition coefficient (Wildman–Crippen LogP) is 1.16. The molecule has 0 aromatic heterocycles. The zero-order valence-corrected chi connectivity index (χ0v) is 12.0. The highest BCUT2D eigenvalue weighted by Gasteiger charge is 2.60. The van der Waals surface area contributed by atoms with Crippen LogP contribution in [0, 0.1) is 0 Å². The molecule has 1 aromatic rings. The van der Waals surface area contributed by atoms with Gasteiger partial charge in [-0.05, 0) is 19.1 Å². The summed E-state index contributed by atoms with van der Waals surface area (Å²) in [5, 5.41) is 0. The number of amides is 2. The molecule has 0 N–H and O–H groups in total. The highest BCUT2D eigenvalue weighted by Crippen LogP contribution is 2.44. The third-order valence-corrected chi connectivity index (χ3v) is 4.14. The lowest BCUT2D eigenvalue weighted by molar-refractivity contribution is -0.155. The average molecular weight is 288 g/mol. The molecule has 3 rings (SSSR count). The van der Waals surface area contributed by atoms with E-state index in [0.717, 1.165) is 0 Å². The highest BCUT2D eigenvalue weighted by atomic mass is 16.5. The number of carbonyl (C=O) groups is 3. The molecule has 0 radical (unpaired) electrons. The summed E-state index contributed by atoms with van der Waals surface area (Å²) in [5.74, 6) is -0.999. The van der Waals surface area contributed by atoms with Crippen LogP contribution in [0.2, 0.25) is 0 Å². The number of benzene rings is 1. The van der Waals surface area contributed by atoms with Crippen LogP contribution in [-0.2, 0) is 14.3 Å². The SMILES string of the molecule is CCOC(=O)C12CCC(=O)N1c1ccccc1C(=O)N2C. The number of esters is 1. The largest absolute Gasteiger partial charge is 0.463 e. The van der Waals surface area contributed by atoms with Crippen LogP contribution in [-0.4, -0.2) is 42.0 Å². The number of para-hydroxylation sites is 1. The van der Waals surface area contributed by atoms with Gasteiger partial charge in [0.05, 0.1) is 17.9 Å². The predicted molar refractivity (Wildman–Crippen MR) is 74.6 cm³/mol. The molecule has 0 saturated carbocycles. The Morgan fingerprint density at radius 1 is 1.33 bits per heavy atom. The third kappa shape index (κ3) is 1.62. The summed E-state index contributed by atoms with van der Waals surface area (Å²) in [6.45, 7) is 1.90. The second-order valence-electron chi connectivity index (χ2n) is 5.15. The molecule has 2 amide bonds. The molecule has 6 nitrogen and oxygen atoms in total. The van der Waals surface area contributed by atoms with E-state index in [1.54, 1.807) is 38.2 Å². The van der Waals surface area contributed by atoms with Crippen LogP contribution in [0.4, 0.5) is 5.69 Å². The zero-order chi connectivity index (χ0) is 15.2. The molecule has 0 spiro atoms. The van der Waals surface area contributed by atoms with Crippen molar-refractivity contribution in [2.24, 2.45) is 0 Å². The molecule has 0 aliphatic carbocycles. The van der Waals surface area contributed by atoms with Gasteiger partial charge < -0.3 is 9.64 Å².